The predicted molar refractivity (Wildman–Crippen MR) is 48.4 cm³/mol. The third-order valence-corrected chi connectivity index (χ3v) is 1.18. The fraction of sp³-hybridized carbons (Fsp3) is 0.667. The highest BCUT2D eigenvalue weighted by Crippen LogP contribution is 2.01. The maximum absolute atomic E-state index is 11.1. The summed E-state index contributed by atoms with van der Waals surface area (Å²) in [5, 5.41) is 0. The van der Waals surface area contributed by atoms with Gasteiger partial charge < -0.3 is 26.2 Å². The number of nitrogens with zero attached hydrogens (tertiary/aromatic N) is 1. The molecule has 0 amide bonds. The number of esters is 1. The first kappa shape index (κ1) is 15.1. The first-order valence-electron chi connectivity index (χ1n) is 4.04. The lowest BCUT2D eigenvalue weighted by Crippen LogP contribution is -3.00. The highest BCUT2D eigenvalue weighted by molar-refractivity contribution is 5.87. The maximum Gasteiger partial charge on any atom is 0.339 e. The van der Waals surface area contributed by atoms with E-state index in [2.05, 4.69) is 0 Å². The molecule has 13 heavy (non-hydrogen) atoms. The van der Waals surface area contributed by atoms with Crippen molar-refractivity contribution in [2.75, 3.05) is 27.7 Å². The quantitative estimate of drug-likeness (QED) is 0.335. The molecule has 0 fully saturated rings. The molecule has 0 aliphatic carbocycles. The smallest absolute Gasteiger partial charge is 0.339 e. The first-order valence-corrected chi connectivity index (χ1v) is 4.04. The van der Waals surface area contributed by atoms with Crippen LogP contribution in [0.5, 0.6) is 0 Å². The van der Waals surface area contributed by atoms with E-state index in [9.17, 15) is 4.79 Å². The summed E-state index contributed by atoms with van der Waals surface area (Å²) in [6.07, 6.45) is 1.86. The van der Waals surface area contributed by atoms with E-state index in [0.717, 1.165) is 0 Å². The molecular formula is C9H18BrNO2. The van der Waals surface area contributed by atoms with Crippen molar-refractivity contribution in [1.82, 2.24) is 0 Å². The SMILES string of the molecule is CCOC(=O)/C(C)=C/[N+](C)(C)C.[Br-]. The number of rotatable bonds is 3. The van der Waals surface area contributed by atoms with Gasteiger partial charge in [0.05, 0.1) is 33.3 Å². The number of hydrogen-bond acceptors (Lipinski definition) is 2. The zero-order valence-electron chi connectivity index (χ0n) is 8.93. The summed E-state index contributed by atoms with van der Waals surface area (Å²) in [6, 6.07) is 0. The van der Waals surface area contributed by atoms with Gasteiger partial charge in [-0.15, -0.1) is 0 Å². The van der Waals surface area contributed by atoms with Gasteiger partial charge in [-0.3, -0.25) is 0 Å². The Bertz CT molecular complexity index is 194. The number of halogens is 1. The van der Waals surface area contributed by atoms with Gasteiger partial charge in [-0.25, -0.2) is 4.79 Å². The lowest BCUT2D eigenvalue weighted by Gasteiger charge is -2.18. The number of carbonyl (C=O) groups is 1. The molecule has 0 aliphatic heterocycles. The monoisotopic (exact) mass is 251 g/mol. The molecule has 0 aliphatic rings. The van der Waals surface area contributed by atoms with Crippen molar-refractivity contribution in [2.24, 2.45) is 0 Å². The van der Waals surface area contributed by atoms with Crippen LogP contribution in [0.4, 0.5) is 0 Å². The fourth-order valence-corrected chi connectivity index (χ4v) is 0.879. The van der Waals surface area contributed by atoms with Crippen LogP contribution in [0.1, 0.15) is 13.8 Å². The highest BCUT2D eigenvalue weighted by Gasteiger charge is 2.10. The zero-order valence-corrected chi connectivity index (χ0v) is 10.5. The largest absolute Gasteiger partial charge is 1.00 e. The summed E-state index contributed by atoms with van der Waals surface area (Å²) in [5.74, 6) is -0.231. The molecule has 0 unspecified atom stereocenters. The van der Waals surface area contributed by atoms with Gasteiger partial charge in [-0.2, -0.15) is 0 Å². The topological polar surface area (TPSA) is 26.3 Å². The van der Waals surface area contributed by atoms with Gasteiger partial charge in [0.25, 0.3) is 0 Å². The molecule has 0 saturated carbocycles. The first-order chi connectivity index (χ1) is 5.37. The molecule has 0 bridgehead atoms. The minimum absolute atomic E-state index is 0. The van der Waals surface area contributed by atoms with Crippen LogP contribution in [0, 0.1) is 0 Å². The Morgan fingerprint density at radius 3 is 2.15 bits per heavy atom. The number of quaternary nitrogens is 1. The van der Waals surface area contributed by atoms with Gasteiger partial charge >= 0.3 is 5.97 Å². The minimum atomic E-state index is -0.231. The van der Waals surface area contributed by atoms with Crippen molar-refractivity contribution in [3.8, 4) is 0 Å². The van der Waals surface area contributed by atoms with Crippen molar-refractivity contribution < 1.29 is 31.0 Å². The molecule has 0 aromatic carbocycles. The molecule has 0 atom stereocenters. The molecule has 78 valence electrons. The average molecular weight is 252 g/mol. The molecule has 0 heterocycles. The predicted octanol–water partition coefficient (Wildman–Crippen LogP) is -1.84. The van der Waals surface area contributed by atoms with Gasteiger partial charge in [0.15, 0.2) is 0 Å². The third kappa shape index (κ3) is 7.99. The van der Waals surface area contributed by atoms with Crippen molar-refractivity contribution in [2.45, 2.75) is 13.8 Å². The molecule has 0 spiro atoms. The van der Waals surface area contributed by atoms with Gasteiger partial charge in [0.1, 0.15) is 6.20 Å². The summed E-state index contributed by atoms with van der Waals surface area (Å²) < 4.78 is 5.46. The molecule has 4 heteroatoms. The Morgan fingerprint density at radius 2 is 1.85 bits per heavy atom. The van der Waals surface area contributed by atoms with E-state index in [1.54, 1.807) is 13.8 Å². The van der Waals surface area contributed by atoms with E-state index in [-0.39, 0.29) is 23.0 Å². The van der Waals surface area contributed by atoms with Crippen molar-refractivity contribution in [3.63, 3.8) is 0 Å². The van der Waals surface area contributed by atoms with E-state index in [0.29, 0.717) is 16.7 Å². The Kier molecular flexibility index (Phi) is 7.17. The van der Waals surface area contributed by atoms with E-state index >= 15 is 0 Å². The van der Waals surface area contributed by atoms with Crippen LogP contribution < -0.4 is 17.0 Å². The lowest BCUT2D eigenvalue weighted by molar-refractivity contribution is -0.817. The van der Waals surface area contributed by atoms with Crippen LogP contribution in [-0.2, 0) is 9.53 Å². The maximum atomic E-state index is 11.1. The van der Waals surface area contributed by atoms with Crippen LogP contribution >= 0.6 is 0 Å². The van der Waals surface area contributed by atoms with Crippen LogP contribution in [-0.4, -0.2) is 38.2 Å². The molecular weight excluding hydrogens is 234 g/mol. The number of ether oxygens (including phenoxy) is 1. The second kappa shape index (κ2) is 6.16. The van der Waals surface area contributed by atoms with Gasteiger partial charge in [0, 0.05) is 0 Å². The summed E-state index contributed by atoms with van der Waals surface area (Å²) in [6.45, 7) is 4.00. The van der Waals surface area contributed by atoms with E-state index < -0.39 is 0 Å². The highest BCUT2D eigenvalue weighted by atomic mass is 79.9. The molecule has 0 aromatic heterocycles. The lowest BCUT2D eigenvalue weighted by atomic mass is 10.3. The standard InChI is InChI=1S/C9H18NO2.BrH/c1-6-12-9(11)8(2)7-10(3,4)5;/h7H,6H2,1-5H3;1H/q+1;/p-1/b8-7+;. The van der Waals surface area contributed by atoms with Crippen molar-refractivity contribution in [1.29, 1.82) is 0 Å². The molecule has 0 aromatic rings. The van der Waals surface area contributed by atoms with Crippen molar-refractivity contribution >= 4 is 5.97 Å². The number of hydrogen-bond donors (Lipinski definition) is 0. The summed E-state index contributed by atoms with van der Waals surface area (Å²) in [4.78, 5) is 11.1. The zero-order chi connectivity index (χ0) is 9.78. The summed E-state index contributed by atoms with van der Waals surface area (Å²) in [7, 11) is 5.97. The Balaban J connectivity index is 0. The van der Waals surface area contributed by atoms with E-state index in [1.807, 2.05) is 27.3 Å². The molecule has 0 radical (unpaired) electrons. The Labute approximate surface area is 90.7 Å². The van der Waals surface area contributed by atoms with Crippen molar-refractivity contribution in [3.05, 3.63) is 11.8 Å². The second-order valence-electron chi connectivity index (χ2n) is 3.65. The van der Waals surface area contributed by atoms with Gasteiger partial charge in [-0.1, -0.05) is 0 Å². The van der Waals surface area contributed by atoms with E-state index in [1.165, 1.54) is 0 Å². The normalized spacial score (nSPS) is 11.9. The van der Waals surface area contributed by atoms with Crippen LogP contribution in [0.2, 0.25) is 0 Å². The summed E-state index contributed by atoms with van der Waals surface area (Å²) in [5.41, 5.74) is 0.657. The minimum Gasteiger partial charge on any atom is -1.00 e. The third-order valence-electron chi connectivity index (χ3n) is 1.18. The summed E-state index contributed by atoms with van der Waals surface area (Å²) >= 11 is 0. The van der Waals surface area contributed by atoms with E-state index in [4.69, 9.17) is 4.74 Å². The molecule has 0 N–H and O–H groups in total. The van der Waals surface area contributed by atoms with Crippen LogP contribution in [0.3, 0.4) is 0 Å². The second-order valence-corrected chi connectivity index (χ2v) is 3.65. The van der Waals surface area contributed by atoms with Crippen LogP contribution in [0.25, 0.3) is 0 Å². The molecule has 3 nitrogen and oxygen atoms in total. The average Bonchev–Trinajstić information content (AvgIpc) is 1.84. The Hall–Kier alpha value is -0.350. The van der Waals surface area contributed by atoms with Gasteiger partial charge in [-0.05, 0) is 13.8 Å². The Morgan fingerprint density at radius 1 is 1.38 bits per heavy atom. The molecule has 0 rings (SSSR count). The molecule has 0 saturated heterocycles. The fourth-order valence-electron chi connectivity index (χ4n) is 0.879. The van der Waals surface area contributed by atoms with Crippen LogP contribution in [0.15, 0.2) is 11.8 Å². The number of carbonyl (C=O) groups excluding carboxylic acids is 1. The van der Waals surface area contributed by atoms with Gasteiger partial charge in [0.2, 0.25) is 0 Å².